The molecule has 0 aromatic heterocycles. The normalized spacial score (nSPS) is 9.53. The van der Waals surface area contributed by atoms with E-state index in [0.29, 0.717) is 0 Å². The Hall–Kier alpha value is -2.13. The van der Waals surface area contributed by atoms with Gasteiger partial charge in [0.15, 0.2) is 0 Å². The predicted molar refractivity (Wildman–Crippen MR) is 59.8 cm³/mol. The molecule has 0 saturated carbocycles. The van der Waals surface area contributed by atoms with Gasteiger partial charge >= 0.3 is 6.03 Å². The number of carbonyl (C=O) groups is 1. The zero-order valence-corrected chi connectivity index (χ0v) is 9.27. The van der Waals surface area contributed by atoms with Gasteiger partial charge in [-0.1, -0.05) is 0 Å². The van der Waals surface area contributed by atoms with Crippen molar-refractivity contribution in [1.82, 2.24) is 4.90 Å². The number of carbonyl (C=O) groups excluding carboxylic acids is 1. The Bertz CT molecular complexity index is 457. The molecule has 0 heterocycles. The molecule has 2 N–H and O–H groups in total. The van der Waals surface area contributed by atoms with Crippen molar-refractivity contribution < 1.29 is 14.3 Å². The number of nitrogens with one attached hydrogen (secondary N) is 1. The van der Waals surface area contributed by atoms with Crippen LogP contribution in [0, 0.1) is 17.1 Å². The van der Waals surface area contributed by atoms with Gasteiger partial charge in [-0.3, -0.25) is 0 Å². The maximum absolute atomic E-state index is 12.8. The van der Waals surface area contributed by atoms with Gasteiger partial charge in [-0.15, -0.1) is 0 Å². The number of benzene rings is 1. The summed E-state index contributed by atoms with van der Waals surface area (Å²) in [5.41, 5.74) is 0.291. The number of hydrogen-bond donors (Lipinski definition) is 2. The van der Waals surface area contributed by atoms with Gasteiger partial charge in [-0.2, -0.15) is 5.26 Å². The van der Waals surface area contributed by atoms with Crippen LogP contribution in [0.3, 0.4) is 0 Å². The van der Waals surface area contributed by atoms with E-state index < -0.39 is 11.8 Å². The van der Waals surface area contributed by atoms with Crippen LogP contribution in [-0.2, 0) is 0 Å². The SMILES string of the molecule is CN(CCO)C(=O)Nc1ccc(F)cc1C#N. The molecule has 6 heteroatoms. The summed E-state index contributed by atoms with van der Waals surface area (Å²) >= 11 is 0. The Kier molecular flexibility index (Phi) is 4.43. The fraction of sp³-hybridized carbons (Fsp3) is 0.273. The summed E-state index contributed by atoms with van der Waals surface area (Å²) in [7, 11) is 1.50. The lowest BCUT2D eigenvalue weighted by atomic mass is 10.2. The number of aliphatic hydroxyl groups is 1. The summed E-state index contributed by atoms with van der Waals surface area (Å²) in [6.45, 7) is 0.0212. The van der Waals surface area contributed by atoms with Gasteiger partial charge in [-0.05, 0) is 18.2 Å². The van der Waals surface area contributed by atoms with Crippen molar-refractivity contribution in [2.75, 3.05) is 25.5 Å². The average molecular weight is 237 g/mol. The monoisotopic (exact) mass is 237 g/mol. The van der Waals surface area contributed by atoms with E-state index in [1.54, 1.807) is 6.07 Å². The molecule has 0 saturated heterocycles. The van der Waals surface area contributed by atoms with Crippen LogP contribution in [0.5, 0.6) is 0 Å². The minimum absolute atomic E-state index is 0.0516. The van der Waals surface area contributed by atoms with E-state index in [1.165, 1.54) is 18.0 Å². The largest absolute Gasteiger partial charge is 0.395 e. The number of aliphatic hydroxyl groups excluding tert-OH is 1. The van der Waals surface area contributed by atoms with E-state index in [2.05, 4.69) is 5.32 Å². The van der Waals surface area contributed by atoms with Gasteiger partial charge in [0.2, 0.25) is 0 Å². The number of urea groups is 1. The van der Waals surface area contributed by atoms with Gasteiger partial charge in [0.1, 0.15) is 11.9 Å². The molecule has 1 aromatic rings. The molecule has 0 bridgehead atoms. The summed E-state index contributed by atoms with van der Waals surface area (Å²) in [4.78, 5) is 12.8. The van der Waals surface area contributed by atoms with Gasteiger partial charge in [0.05, 0.1) is 17.9 Å². The van der Waals surface area contributed by atoms with E-state index in [0.717, 1.165) is 12.1 Å². The summed E-state index contributed by atoms with van der Waals surface area (Å²) in [5, 5.41) is 19.9. The van der Waals surface area contributed by atoms with Gasteiger partial charge < -0.3 is 15.3 Å². The highest BCUT2D eigenvalue weighted by Gasteiger charge is 2.11. The molecule has 0 radical (unpaired) electrons. The number of halogens is 1. The summed E-state index contributed by atoms with van der Waals surface area (Å²) < 4.78 is 12.8. The van der Waals surface area contributed by atoms with Gasteiger partial charge in [0.25, 0.3) is 0 Å². The van der Waals surface area contributed by atoms with Crippen LogP contribution in [0.2, 0.25) is 0 Å². The lowest BCUT2D eigenvalue weighted by Gasteiger charge is -2.17. The van der Waals surface area contributed by atoms with Gasteiger partial charge in [-0.25, -0.2) is 9.18 Å². The Morgan fingerprint density at radius 1 is 1.65 bits per heavy atom. The first-order valence-electron chi connectivity index (χ1n) is 4.91. The van der Waals surface area contributed by atoms with E-state index >= 15 is 0 Å². The van der Waals surface area contributed by atoms with Crippen LogP contribution in [0.4, 0.5) is 14.9 Å². The smallest absolute Gasteiger partial charge is 0.321 e. The zero-order chi connectivity index (χ0) is 12.8. The van der Waals surface area contributed by atoms with E-state index in [1.807, 2.05) is 0 Å². The van der Waals surface area contributed by atoms with Crippen LogP contribution in [0.25, 0.3) is 0 Å². The highest BCUT2D eigenvalue weighted by atomic mass is 19.1. The first kappa shape index (κ1) is 12.9. The van der Waals surface area contributed by atoms with Crippen molar-refractivity contribution in [3.63, 3.8) is 0 Å². The van der Waals surface area contributed by atoms with Crippen molar-refractivity contribution in [2.24, 2.45) is 0 Å². The third kappa shape index (κ3) is 3.43. The number of rotatable bonds is 3. The topological polar surface area (TPSA) is 76.4 Å². The fourth-order valence-electron chi connectivity index (χ4n) is 1.18. The molecule has 0 fully saturated rings. The van der Waals surface area contributed by atoms with E-state index in [4.69, 9.17) is 10.4 Å². The van der Waals surface area contributed by atoms with Crippen molar-refractivity contribution in [2.45, 2.75) is 0 Å². The number of likely N-dealkylation sites (N-methyl/N-ethyl adjacent to an activating group) is 1. The number of hydrogen-bond acceptors (Lipinski definition) is 3. The van der Waals surface area contributed by atoms with Crippen molar-refractivity contribution in [1.29, 1.82) is 5.26 Å². The molecular formula is C11H12FN3O2. The maximum atomic E-state index is 12.8. The van der Waals surface area contributed by atoms with Crippen molar-refractivity contribution in [3.05, 3.63) is 29.6 Å². The molecule has 1 aromatic carbocycles. The van der Waals surface area contributed by atoms with Crippen LogP contribution >= 0.6 is 0 Å². The Morgan fingerprint density at radius 3 is 2.94 bits per heavy atom. The van der Waals surface area contributed by atoms with Crippen LogP contribution < -0.4 is 5.32 Å². The second kappa shape index (κ2) is 5.82. The lowest BCUT2D eigenvalue weighted by Crippen LogP contribution is -2.33. The number of anilines is 1. The summed E-state index contributed by atoms with van der Waals surface area (Å²) in [6.07, 6.45) is 0. The average Bonchev–Trinajstić information content (AvgIpc) is 2.31. The molecule has 5 nitrogen and oxygen atoms in total. The third-order valence-corrected chi connectivity index (χ3v) is 2.13. The molecule has 90 valence electrons. The van der Waals surface area contributed by atoms with Crippen molar-refractivity contribution in [3.8, 4) is 6.07 Å². The molecule has 0 spiro atoms. The second-order valence-corrected chi connectivity index (χ2v) is 3.38. The second-order valence-electron chi connectivity index (χ2n) is 3.38. The van der Waals surface area contributed by atoms with Crippen LogP contribution in [-0.4, -0.2) is 36.2 Å². The Balaban J connectivity index is 2.82. The Labute approximate surface area is 98.1 Å². The molecule has 0 atom stereocenters. The lowest BCUT2D eigenvalue weighted by molar-refractivity contribution is 0.202. The number of amides is 2. The molecule has 0 aliphatic rings. The van der Waals surface area contributed by atoms with Crippen molar-refractivity contribution >= 4 is 11.7 Å². The molecule has 17 heavy (non-hydrogen) atoms. The third-order valence-electron chi connectivity index (χ3n) is 2.13. The quantitative estimate of drug-likeness (QED) is 0.828. The summed E-state index contributed by atoms with van der Waals surface area (Å²) in [5.74, 6) is -0.539. The standard InChI is InChI=1S/C11H12FN3O2/c1-15(4-5-16)11(17)14-10-3-2-9(12)6-8(10)7-13/h2-3,6,16H,4-5H2,1H3,(H,14,17). The number of nitriles is 1. The zero-order valence-electron chi connectivity index (χ0n) is 9.27. The van der Waals surface area contributed by atoms with E-state index in [9.17, 15) is 9.18 Å². The highest BCUT2D eigenvalue weighted by molar-refractivity contribution is 5.90. The molecule has 1 rings (SSSR count). The maximum Gasteiger partial charge on any atom is 0.321 e. The minimum Gasteiger partial charge on any atom is -0.395 e. The predicted octanol–water partition coefficient (Wildman–Crippen LogP) is 1.15. The molecule has 0 unspecified atom stereocenters. The summed E-state index contributed by atoms with van der Waals surface area (Å²) in [6, 6.07) is 4.84. The van der Waals surface area contributed by atoms with Crippen LogP contribution in [0.15, 0.2) is 18.2 Å². The van der Waals surface area contributed by atoms with Crippen LogP contribution in [0.1, 0.15) is 5.56 Å². The minimum atomic E-state index is -0.539. The van der Waals surface area contributed by atoms with E-state index in [-0.39, 0.29) is 24.4 Å². The Morgan fingerprint density at radius 2 is 2.35 bits per heavy atom. The highest BCUT2D eigenvalue weighted by Crippen LogP contribution is 2.16. The number of nitrogens with zero attached hydrogens (tertiary/aromatic N) is 2. The van der Waals surface area contributed by atoms with Gasteiger partial charge in [0, 0.05) is 13.6 Å². The first-order valence-corrected chi connectivity index (χ1v) is 4.91. The molecular weight excluding hydrogens is 225 g/mol. The molecule has 0 aliphatic carbocycles. The first-order chi connectivity index (χ1) is 8.08. The molecule has 0 aliphatic heterocycles. The molecule has 2 amide bonds. The fourth-order valence-corrected chi connectivity index (χ4v) is 1.18.